The van der Waals surface area contributed by atoms with Crippen molar-refractivity contribution in [2.75, 3.05) is 4.90 Å². The molecule has 2 aromatic rings. The fraction of sp³-hybridized carbons (Fsp3) is 0.227. The van der Waals surface area contributed by atoms with Crippen LogP contribution in [-0.4, -0.2) is 17.8 Å². The lowest BCUT2D eigenvalue weighted by molar-refractivity contribution is -0.123. The first-order chi connectivity index (χ1) is 13.5. The van der Waals surface area contributed by atoms with E-state index in [9.17, 15) is 14.4 Å². The summed E-state index contributed by atoms with van der Waals surface area (Å²) in [5.74, 6) is -0.788. The molecule has 4 atom stereocenters. The second-order valence-electron chi connectivity index (χ2n) is 7.41. The Kier molecular flexibility index (Phi) is 3.88. The summed E-state index contributed by atoms with van der Waals surface area (Å²) in [6.07, 6.45) is 4.99. The molecule has 28 heavy (non-hydrogen) atoms. The van der Waals surface area contributed by atoms with Crippen LogP contribution in [0.2, 0.25) is 5.02 Å². The minimum atomic E-state index is -0.565. The minimum absolute atomic E-state index is 0.148. The molecule has 140 valence electrons. The molecular formula is C22H16ClNO4. The van der Waals surface area contributed by atoms with Gasteiger partial charge < -0.3 is 4.74 Å². The Bertz CT molecular complexity index is 999. The van der Waals surface area contributed by atoms with E-state index >= 15 is 0 Å². The molecule has 0 N–H and O–H groups in total. The molecule has 1 heterocycles. The van der Waals surface area contributed by atoms with E-state index < -0.39 is 5.97 Å². The Labute approximate surface area is 166 Å². The fourth-order valence-electron chi connectivity index (χ4n) is 4.60. The molecule has 2 amide bonds. The van der Waals surface area contributed by atoms with Crippen molar-refractivity contribution < 1.29 is 19.1 Å². The van der Waals surface area contributed by atoms with Crippen molar-refractivity contribution in [2.45, 2.75) is 6.42 Å². The molecule has 0 spiro atoms. The van der Waals surface area contributed by atoms with E-state index in [0.717, 1.165) is 6.42 Å². The molecule has 2 aliphatic carbocycles. The number of imide groups is 1. The van der Waals surface area contributed by atoms with Crippen LogP contribution in [0.25, 0.3) is 0 Å². The van der Waals surface area contributed by atoms with Gasteiger partial charge in [-0.2, -0.15) is 0 Å². The fourth-order valence-corrected chi connectivity index (χ4v) is 4.72. The van der Waals surface area contributed by atoms with Gasteiger partial charge in [0.1, 0.15) is 5.75 Å². The summed E-state index contributed by atoms with van der Waals surface area (Å²) >= 11 is 5.84. The maximum atomic E-state index is 12.9. The van der Waals surface area contributed by atoms with Crippen molar-refractivity contribution >= 4 is 35.1 Å². The summed E-state index contributed by atoms with van der Waals surface area (Å²) in [5, 5.41) is 0.543. The number of carbonyl (C=O) groups excluding carboxylic acids is 3. The van der Waals surface area contributed by atoms with Crippen LogP contribution in [0.3, 0.4) is 0 Å². The highest BCUT2D eigenvalue weighted by molar-refractivity contribution is 6.30. The van der Waals surface area contributed by atoms with Gasteiger partial charge in [-0.05, 0) is 60.7 Å². The van der Waals surface area contributed by atoms with Crippen LogP contribution in [0.4, 0.5) is 5.69 Å². The second-order valence-corrected chi connectivity index (χ2v) is 7.84. The predicted octanol–water partition coefficient (Wildman–Crippen LogP) is 3.87. The van der Waals surface area contributed by atoms with E-state index in [-0.39, 0.29) is 41.0 Å². The summed E-state index contributed by atoms with van der Waals surface area (Å²) in [5.41, 5.74) is 0.681. The lowest BCUT2D eigenvalue weighted by atomic mass is 9.85. The Morgan fingerprint density at radius 1 is 0.964 bits per heavy atom. The molecular weight excluding hydrogens is 378 g/mol. The number of benzene rings is 2. The molecule has 5 rings (SSSR count). The van der Waals surface area contributed by atoms with E-state index in [0.29, 0.717) is 16.5 Å². The number of nitrogens with zero attached hydrogens (tertiary/aromatic N) is 1. The molecule has 1 saturated carbocycles. The van der Waals surface area contributed by atoms with Gasteiger partial charge in [0, 0.05) is 5.02 Å². The Morgan fingerprint density at radius 3 is 2.25 bits per heavy atom. The van der Waals surface area contributed by atoms with E-state index in [1.807, 2.05) is 0 Å². The molecule has 0 aromatic heterocycles. The first kappa shape index (κ1) is 17.2. The number of allylic oxidation sites excluding steroid dienone is 2. The van der Waals surface area contributed by atoms with Gasteiger partial charge in [0.2, 0.25) is 11.8 Å². The Hall–Kier alpha value is -2.92. The number of hydrogen-bond donors (Lipinski definition) is 0. The third-order valence-electron chi connectivity index (χ3n) is 5.83. The number of fused-ring (bicyclic) bond motifs is 5. The van der Waals surface area contributed by atoms with Crippen LogP contribution < -0.4 is 9.64 Å². The molecule has 2 fully saturated rings. The minimum Gasteiger partial charge on any atom is -0.423 e. The summed E-state index contributed by atoms with van der Waals surface area (Å²) in [6.45, 7) is 0. The van der Waals surface area contributed by atoms with Gasteiger partial charge in [0.25, 0.3) is 0 Å². The van der Waals surface area contributed by atoms with Crippen LogP contribution >= 0.6 is 11.6 Å². The van der Waals surface area contributed by atoms with Crippen LogP contribution in [-0.2, 0) is 9.59 Å². The maximum Gasteiger partial charge on any atom is 0.343 e. The predicted molar refractivity (Wildman–Crippen MR) is 103 cm³/mol. The van der Waals surface area contributed by atoms with E-state index in [4.69, 9.17) is 16.3 Å². The molecule has 0 radical (unpaired) electrons. The Morgan fingerprint density at radius 2 is 1.61 bits per heavy atom. The summed E-state index contributed by atoms with van der Waals surface area (Å²) in [6, 6.07) is 12.9. The number of carbonyl (C=O) groups is 3. The third-order valence-corrected chi connectivity index (χ3v) is 6.09. The van der Waals surface area contributed by atoms with E-state index in [1.54, 1.807) is 42.5 Å². The number of anilines is 1. The number of hydrogen-bond acceptors (Lipinski definition) is 4. The normalized spacial score (nSPS) is 27.4. The van der Waals surface area contributed by atoms with Crippen molar-refractivity contribution in [3.63, 3.8) is 0 Å². The van der Waals surface area contributed by atoms with Crippen LogP contribution in [0.15, 0.2) is 60.7 Å². The molecule has 3 aliphatic rings. The van der Waals surface area contributed by atoms with Crippen molar-refractivity contribution in [1.29, 1.82) is 0 Å². The summed E-state index contributed by atoms with van der Waals surface area (Å²) in [7, 11) is 0. The lowest BCUT2D eigenvalue weighted by Crippen LogP contribution is -2.33. The number of amides is 2. The number of rotatable bonds is 3. The van der Waals surface area contributed by atoms with Gasteiger partial charge in [-0.3, -0.25) is 9.59 Å². The SMILES string of the molecule is O=C(Oc1ccc(Cl)cc1)c1cccc(N2C(=O)[C@@H]3[C@@H](C2=O)[C@H]2C=C[C@@H]3C2)c1. The molecule has 1 aliphatic heterocycles. The highest BCUT2D eigenvalue weighted by Gasteiger charge is 2.59. The lowest BCUT2D eigenvalue weighted by Gasteiger charge is -2.18. The van der Waals surface area contributed by atoms with Gasteiger partial charge in [-0.1, -0.05) is 29.8 Å². The van der Waals surface area contributed by atoms with Gasteiger partial charge in [0.15, 0.2) is 0 Å². The summed E-state index contributed by atoms with van der Waals surface area (Å²) < 4.78 is 5.35. The van der Waals surface area contributed by atoms with Crippen molar-refractivity contribution in [1.82, 2.24) is 0 Å². The smallest absolute Gasteiger partial charge is 0.343 e. The van der Waals surface area contributed by atoms with Crippen molar-refractivity contribution in [2.24, 2.45) is 23.7 Å². The van der Waals surface area contributed by atoms with Crippen molar-refractivity contribution in [3.8, 4) is 5.75 Å². The molecule has 0 unspecified atom stereocenters. The highest BCUT2D eigenvalue weighted by Crippen LogP contribution is 2.53. The second kappa shape index (κ2) is 6.31. The zero-order valence-electron chi connectivity index (χ0n) is 14.7. The maximum absolute atomic E-state index is 12.9. The molecule has 2 aromatic carbocycles. The quantitative estimate of drug-likeness (QED) is 0.343. The van der Waals surface area contributed by atoms with Crippen LogP contribution in [0.5, 0.6) is 5.75 Å². The average Bonchev–Trinajstić information content (AvgIpc) is 3.37. The average molecular weight is 394 g/mol. The monoisotopic (exact) mass is 393 g/mol. The van der Waals surface area contributed by atoms with Gasteiger partial charge in [-0.15, -0.1) is 0 Å². The first-order valence-corrected chi connectivity index (χ1v) is 9.54. The first-order valence-electron chi connectivity index (χ1n) is 9.17. The molecule has 2 bridgehead atoms. The van der Waals surface area contributed by atoms with Crippen LogP contribution in [0.1, 0.15) is 16.8 Å². The number of halogens is 1. The highest BCUT2D eigenvalue weighted by atomic mass is 35.5. The largest absolute Gasteiger partial charge is 0.423 e. The molecule has 1 saturated heterocycles. The third kappa shape index (κ3) is 2.58. The van der Waals surface area contributed by atoms with E-state index in [2.05, 4.69) is 12.2 Å². The zero-order chi connectivity index (χ0) is 19.4. The Balaban J connectivity index is 1.40. The molecule has 5 nitrogen and oxygen atoms in total. The topological polar surface area (TPSA) is 63.7 Å². The van der Waals surface area contributed by atoms with Crippen molar-refractivity contribution in [3.05, 3.63) is 71.3 Å². The standard InChI is InChI=1S/C22H16ClNO4/c23-15-6-8-17(9-7-15)28-22(27)14-2-1-3-16(11-14)24-20(25)18-12-4-5-13(10-12)19(18)21(24)26/h1-9,11-13,18-19H,10H2/t12-,13+,18-,19-/m0/s1. The van der Waals surface area contributed by atoms with Gasteiger partial charge in [0.05, 0.1) is 23.1 Å². The summed E-state index contributed by atoms with van der Waals surface area (Å²) in [4.78, 5) is 39.6. The molecule has 6 heteroatoms. The van der Waals surface area contributed by atoms with Gasteiger partial charge in [-0.25, -0.2) is 9.69 Å². The van der Waals surface area contributed by atoms with E-state index in [1.165, 1.54) is 11.0 Å². The number of ether oxygens (including phenoxy) is 1. The van der Waals surface area contributed by atoms with Gasteiger partial charge >= 0.3 is 5.97 Å². The zero-order valence-corrected chi connectivity index (χ0v) is 15.5. The number of esters is 1. The van der Waals surface area contributed by atoms with Crippen LogP contribution in [0, 0.1) is 23.7 Å².